The molecule has 29 heavy (non-hydrogen) atoms. The first kappa shape index (κ1) is 27.9. The fraction of sp³-hybridized carbons (Fsp3) is 0.917. The summed E-state index contributed by atoms with van der Waals surface area (Å²) < 4.78 is 15.3. The van der Waals surface area contributed by atoms with Crippen LogP contribution in [0.25, 0.3) is 0 Å². The van der Waals surface area contributed by atoms with Crippen LogP contribution in [0, 0.1) is 5.92 Å². The molecule has 0 unspecified atom stereocenters. The van der Waals surface area contributed by atoms with Crippen molar-refractivity contribution in [2.75, 3.05) is 26.4 Å². The summed E-state index contributed by atoms with van der Waals surface area (Å²) in [5, 5.41) is 0. The highest BCUT2D eigenvalue weighted by atomic mass is 16.6. The van der Waals surface area contributed by atoms with E-state index >= 15 is 0 Å². The lowest BCUT2D eigenvalue weighted by atomic mass is 10.1. The molecule has 0 amide bonds. The number of hydrogen-bond acceptors (Lipinski definition) is 5. The molecule has 0 fully saturated rings. The van der Waals surface area contributed by atoms with Gasteiger partial charge in [0.25, 0.3) is 0 Å². The molecule has 0 saturated heterocycles. The van der Waals surface area contributed by atoms with Crippen LogP contribution in [-0.4, -0.2) is 38.4 Å². The largest absolute Gasteiger partial charge is 0.464 e. The van der Waals surface area contributed by atoms with Gasteiger partial charge >= 0.3 is 11.9 Å². The fourth-order valence-electron chi connectivity index (χ4n) is 3.17. The predicted molar refractivity (Wildman–Crippen MR) is 118 cm³/mol. The monoisotopic (exact) mass is 414 g/mol. The van der Waals surface area contributed by atoms with E-state index in [-0.39, 0.29) is 13.2 Å². The van der Waals surface area contributed by atoms with Crippen LogP contribution in [0.5, 0.6) is 0 Å². The van der Waals surface area contributed by atoms with E-state index in [0.29, 0.717) is 19.1 Å². The molecule has 0 rings (SSSR count). The third-order valence-electron chi connectivity index (χ3n) is 5.34. The summed E-state index contributed by atoms with van der Waals surface area (Å²) >= 11 is 0. The van der Waals surface area contributed by atoms with Gasteiger partial charge in [0, 0.05) is 0 Å². The van der Waals surface area contributed by atoms with Crippen molar-refractivity contribution in [1.29, 1.82) is 0 Å². The molecule has 5 heteroatoms. The van der Waals surface area contributed by atoms with E-state index in [0.717, 1.165) is 25.7 Å². The molecular formula is C24H46O5. The average Bonchev–Trinajstić information content (AvgIpc) is 2.72. The van der Waals surface area contributed by atoms with Gasteiger partial charge < -0.3 is 14.2 Å². The molecule has 172 valence electrons. The average molecular weight is 415 g/mol. The summed E-state index contributed by atoms with van der Waals surface area (Å²) in [6, 6.07) is 0. The zero-order valence-electron chi connectivity index (χ0n) is 19.3. The van der Waals surface area contributed by atoms with Crippen LogP contribution < -0.4 is 0 Å². The van der Waals surface area contributed by atoms with Crippen molar-refractivity contribution in [3.05, 3.63) is 0 Å². The number of ether oxygens (including phenoxy) is 3. The molecular weight excluding hydrogens is 368 g/mol. The number of esters is 2. The number of unbranched alkanes of at least 4 members (excludes halogenated alkanes) is 11. The molecule has 0 aromatic heterocycles. The van der Waals surface area contributed by atoms with E-state index in [1.165, 1.54) is 64.2 Å². The summed E-state index contributed by atoms with van der Waals surface area (Å²) in [5.74, 6) is -0.453. The second-order valence-corrected chi connectivity index (χ2v) is 7.97. The lowest BCUT2D eigenvalue weighted by Crippen LogP contribution is -2.20. The molecule has 0 aromatic carbocycles. The minimum absolute atomic E-state index is 0.196. The van der Waals surface area contributed by atoms with Crippen molar-refractivity contribution in [3.63, 3.8) is 0 Å². The standard InChI is InChI=1S/C24H46O5/c1-4-7-8-9-10-11-12-13-14-15-16-17-18-28-23(25)20-27-21-24(26)29-19-22(5-2)6-3/h22H,4-21H2,1-3H3. The Morgan fingerprint density at radius 1 is 0.621 bits per heavy atom. The second kappa shape index (κ2) is 21.6. The highest BCUT2D eigenvalue weighted by Gasteiger charge is 2.10. The topological polar surface area (TPSA) is 61.8 Å². The molecule has 0 saturated carbocycles. The molecule has 0 bridgehead atoms. The third-order valence-corrected chi connectivity index (χ3v) is 5.34. The Morgan fingerprint density at radius 3 is 1.55 bits per heavy atom. The van der Waals surface area contributed by atoms with Crippen LogP contribution in [-0.2, 0) is 23.8 Å². The quantitative estimate of drug-likeness (QED) is 0.165. The summed E-state index contributed by atoms with van der Waals surface area (Å²) in [6.07, 6.45) is 17.3. The van der Waals surface area contributed by atoms with Crippen LogP contribution in [0.3, 0.4) is 0 Å². The molecule has 0 aliphatic rings. The number of rotatable bonds is 21. The normalized spacial score (nSPS) is 11.0. The Kier molecular flexibility index (Phi) is 20.8. The molecule has 5 nitrogen and oxygen atoms in total. The zero-order valence-corrected chi connectivity index (χ0v) is 19.3. The third kappa shape index (κ3) is 20.0. The van der Waals surface area contributed by atoms with Gasteiger partial charge in [-0.25, -0.2) is 9.59 Å². The van der Waals surface area contributed by atoms with Gasteiger partial charge in [-0.3, -0.25) is 0 Å². The number of carbonyl (C=O) groups is 2. The molecule has 0 heterocycles. The van der Waals surface area contributed by atoms with E-state index in [2.05, 4.69) is 20.8 Å². The molecule has 0 spiro atoms. The van der Waals surface area contributed by atoms with Gasteiger partial charge in [-0.05, 0) is 12.3 Å². The minimum Gasteiger partial charge on any atom is -0.464 e. The van der Waals surface area contributed by atoms with Crippen molar-refractivity contribution in [3.8, 4) is 0 Å². The van der Waals surface area contributed by atoms with Crippen molar-refractivity contribution in [2.24, 2.45) is 5.92 Å². The van der Waals surface area contributed by atoms with Crippen LogP contribution in [0.15, 0.2) is 0 Å². The van der Waals surface area contributed by atoms with E-state index in [4.69, 9.17) is 14.2 Å². The van der Waals surface area contributed by atoms with Gasteiger partial charge in [0.2, 0.25) is 0 Å². The maximum Gasteiger partial charge on any atom is 0.332 e. The Labute approximate surface area is 179 Å². The first-order valence-corrected chi connectivity index (χ1v) is 12.0. The Bertz CT molecular complexity index is 379. The maximum absolute atomic E-state index is 11.6. The smallest absolute Gasteiger partial charge is 0.332 e. The summed E-state index contributed by atoms with van der Waals surface area (Å²) in [5.41, 5.74) is 0. The predicted octanol–water partition coefficient (Wildman–Crippen LogP) is 6.23. The fourth-order valence-corrected chi connectivity index (χ4v) is 3.17. The van der Waals surface area contributed by atoms with Gasteiger partial charge in [0.05, 0.1) is 13.2 Å². The molecule has 0 aromatic rings. The highest BCUT2D eigenvalue weighted by Crippen LogP contribution is 2.12. The van der Waals surface area contributed by atoms with E-state index in [1.807, 2.05) is 0 Å². The Morgan fingerprint density at radius 2 is 1.07 bits per heavy atom. The van der Waals surface area contributed by atoms with Gasteiger partial charge in [0.1, 0.15) is 13.2 Å². The van der Waals surface area contributed by atoms with Crippen molar-refractivity contribution in [1.82, 2.24) is 0 Å². The van der Waals surface area contributed by atoms with Crippen molar-refractivity contribution >= 4 is 11.9 Å². The van der Waals surface area contributed by atoms with Crippen LogP contribution in [0.1, 0.15) is 111 Å². The SMILES string of the molecule is CCCCCCCCCCCCCCOC(=O)COCC(=O)OCC(CC)CC. The van der Waals surface area contributed by atoms with E-state index in [1.54, 1.807) is 0 Å². The molecule has 0 radical (unpaired) electrons. The summed E-state index contributed by atoms with van der Waals surface area (Å²) in [4.78, 5) is 23.1. The molecule has 0 N–H and O–H groups in total. The minimum atomic E-state index is -0.425. The van der Waals surface area contributed by atoms with Crippen molar-refractivity contribution < 1.29 is 23.8 Å². The zero-order chi connectivity index (χ0) is 21.6. The lowest BCUT2D eigenvalue weighted by molar-refractivity contribution is -0.156. The number of carbonyl (C=O) groups excluding carboxylic acids is 2. The first-order valence-electron chi connectivity index (χ1n) is 12.0. The first-order chi connectivity index (χ1) is 14.1. The Hall–Kier alpha value is -1.10. The van der Waals surface area contributed by atoms with E-state index < -0.39 is 11.9 Å². The van der Waals surface area contributed by atoms with Gasteiger partial charge in [-0.1, -0.05) is 104 Å². The van der Waals surface area contributed by atoms with Gasteiger partial charge in [-0.15, -0.1) is 0 Å². The van der Waals surface area contributed by atoms with Crippen LogP contribution in [0.4, 0.5) is 0 Å². The van der Waals surface area contributed by atoms with Crippen LogP contribution >= 0.6 is 0 Å². The molecule has 0 aliphatic heterocycles. The van der Waals surface area contributed by atoms with E-state index in [9.17, 15) is 9.59 Å². The molecule has 0 atom stereocenters. The van der Waals surface area contributed by atoms with Gasteiger partial charge in [-0.2, -0.15) is 0 Å². The maximum atomic E-state index is 11.6. The van der Waals surface area contributed by atoms with Crippen LogP contribution in [0.2, 0.25) is 0 Å². The second-order valence-electron chi connectivity index (χ2n) is 7.97. The number of hydrogen-bond donors (Lipinski definition) is 0. The van der Waals surface area contributed by atoms with Gasteiger partial charge in [0.15, 0.2) is 0 Å². The summed E-state index contributed by atoms with van der Waals surface area (Å²) in [7, 11) is 0. The molecule has 0 aliphatic carbocycles. The highest BCUT2D eigenvalue weighted by molar-refractivity contribution is 5.73. The Balaban J connectivity index is 3.34. The summed E-state index contributed by atoms with van der Waals surface area (Å²) in [6.45, 7) is 6.85. The van der Waals surface area contributed by atoms with Crippen molar-refractivity contribution in [2.45, 2.75) is 111 Å². The lowest BCUT2D eigenvalue weighted by Gasteiger charge is -2.12.